The maximum Gasteiger partial charge on any atom is 0.228 e. The van der Waals surface area contributed by atoms with Gasteiger partial charge in [-0.05, 0) is 25.8 Å². The third-order valence-electron chi connectivity index (χ3n) is 3.86. The first kappa shape index (κ1) is 13.5. The second-order valence-electron chi connectivity index (χ2n) is 5.25. The van der Waals surface area contributed by atoms with Crippen LogP contribution in [0.4, 0.5) is 0 Å². The van der Waals surface area contributed by atoms with Crippen LogP contribution in [-0.2, 0) is 6.42 Å². The molecule has 0 aromatic carbocycles. The molecule has 2 rings (SSSR count). The van der Waals surface area contributed by atoms with Crippen LogP contribution in [0.1, 0.15) is 70.0 Å². The van der Waals surface area contributed by atoms with Crippen molar-refractivity contribution >= 4 is 0 Å². The molecular formula is C14H25N3O. The highest BCUT2D eigenvalue weighted by Gasteiger charge is 2.21. The maximum absolute atomic E-state index is 5.40. The Hall–Kier alpha value is -0.900. The van der Waals surface area contributed by atoms with E-state index in [1.165, 1.54) is 32.1 Å². The average Bonchev–Trinajstić information content (AvgIpc) is 2.88. The van der Waals surface area contributed by atoms with Crippen LogP contribution < -0.4 is 5.32 Å². The monoisotopic (exact) mass is 251 g/mol. The average molecular weight is 251 g/mol. The zero-order valence-corrected chi connectivity index (χ0v) is 11.6. The molecule has 1 saturated carbocycles. The first-order valence-electron chi connectivity index (χ1n) is 7.39. The Morgan fingerprint density at radius 1 is 1.28 bits per heavy atom. The molecule has 0 spiro atoms. The normalized spacial score (nSPS) is 19.0. The fourth-order valence-corrected chi connectivity index (χ4v) is 2.74. The summed E-state index contributed by atoms with van der Waals surface area (Å²) in [6.07, 6.45) is 8.37. The van der Waals surface area contributed by atoms with Gasteiger partial charge in [-0.15, -0.1) is 0 Å². The minimum atomic E-state index is 0.453. The third kappa shape index (κ3) is 3.55. The molecule has 1 aliphatic carbocycles. The topological polar surface area (TPSA) is 51.0 Å². The molecule has 18 heavy (non-hydrogen) atoms. The molecule has 4 heteroatoms. The van der Waals surface area contributed by atoms with E-state index in [4.69, 9.17) is 4.52 Å². The summed E-state index contributed by atoms with van der Waals surface area (Å²) in [5.41, 5.74) is 0. The molecule has 1 aromatic heterocycles. The fourth-order valence-electron chi connectivity index (χ4n) is 2.74. The summed E-state index contributed by atoms with van der Waals surface area (Å²) in [4.78, 5) is 4.59. The molecule has 0 amide bonds. The summed E-state index contributed by atoms with van der Waals surface area (Å²) in [6.45, 7) is 5.30. The first-order chi connectivity index (χ1) is 8.83. The van der Waals surface area contributed by atoms with Crippen molar-refractivity contribution in [2.45, 2.75) is 70.8 Å². The van der Waals surface area contributed by atoms with Crippen LogP contribution in [-0.4, -0.2) is 22.7 Å². The quantitative estimate of drug-likeness (QED) is 0.844. The zero-order chi connectivity index (χ0) is 12.8. The van der Waals surface area contributed by atoms with E-state index in [2.05, 4.69) is 29.3 Å². The predicted molar refractivity (Wildman–Crippen MR) is 71.6 cm³/mol. The van der Waals surface area contributed by atoms with Crippen molar-refractivity contribution in [2.75, 3.05) is 6.54 Å². The number of hydrogen-bond acceptors (Lipinski definition) is 4. The smallest absolute Gasteiger partial charge is 0.228 e. The Labute approximate surface area is 110 Å². The van der Waals surface area contributed by atoms with Crippen LogP contribution in [0, 0.1) is 0 Å². The highest BCUT2D eigenvalue weighted by Crippen LogP contribution is 2.30. The minimum absolute atomic E-state index is 0.453. The van der Waals surface area contributed by atoms with E-state index in [0.29, 0.717) is 12.0 Å². The van der Waals surface area contributed by atoms with Gasteiger partial charge in [0.05, 0.1) is 0 Å². The largest absolute Gasteiger partial charge is 0.339 e. The molecule has 0 radical (unpaired) electrons. The standard InChI is InChI=1S/C14H25N3O/c1-3-12(15-4-2)10-13-16-14(17-18-13)11-8-6-5-7-9-11/h11-12,15H,3-10H2,1-2H3. The first-order valence-corrected chi connectivity index (χ1v) is 7.39. The van der Waals surface area contributed by atoms with Crippen LogP contribution in [0.2, 0.25) is 0 Å². The van der Waals surface area contributed by atoms with Crippen LogP contribution in [0.15, 0.2) is 4.52 Å². The molecule has 1 N–H and O–H groups in total. The molecular weight excluding hydrogens is 226 g/mol. The molecule has 0 aliphatic heterocycles. The van der Waals surface area contributed by atoms with Gasteiger partial charge in [0.1, 0.15) is 0 Å². The van der Waals surface area contributed by atoms with Crippen LogP contribution in [0.25, 0.3) is 0 Å². The second kappa shape index (κ2) is 6.88. The molecule has 1 unspecified atom stereocenters. The highest BCUT2D eigenvalue weighted by atomic mass is 16.5. The highest BCUT2D eigenvalue weighted by molar-refractivity contribution is 4.97. The van der Waals surface area contributed by atoms with Crippen molar-refractivity contribution in [3.8, 4) is 0 Å². The molecule has 0 saturated heterocycles. The predicted octanol–water partition coefficient (Wildman–Crippen LogP) is 3.05. The summed E-state index contributed by atoms with van der Waals surface area (Å²) >= 11 is 0. The van der Waals surface area contributed by atoms with Crippen molar-refractivity contribution in [2.24, 2.45) is 0 Å². The molecule has 102 valence electrons. The third-order valence-corrected chi connectivity index (χ3v) is 3.86. The lowest BCUT2D eigenvalue weighted by Crippen LogP contribution is -2.30. The van der Waals surface area contributed by atoms with E-state index in [1.54, 1.807) is 0 Å². The van der Waals surface area contributed by atoms with Gasteiger partial charge in [0.15, 0.2) is 5.82 Å². The lowest BCUT2D eigenvalue weighted by Gasteiger charge is -2.17. The molecule has 1 atom stereocenters. The minimum Gasteiger partial charge on any atom is -0.339 e. The molecule has 1 aromatic rings. The van der Waals surface area contributed by atoms with Crippen LogP contribution in [0.5, 0.6) is 0 Å². The van der Waals surface area contributed by atoms with Gasteiger partial charge < -0.3 is 9.84 Å². The van der Waals surface area contributed by atoms with Gasteiger partial charge in [-0.1, -0.05) is 38.3 Å². The SMILES string of the molecule is CCNC(CC)Cc1nc(C2CCCCC2)no1. The molecule has 4 nitrogen and oxygen atoms in total. The van der Waals surface area contributed by atoms with Crippen molar-refractivity contribution in [3.05, 3.63) is 11.7 Å². The van der Waals surface area contributed by atoms with Crippen molar-refractivity contribution in [3.63, 3.8) is 0 Å². The molecule has 1 heterocycles. The number of hydrogen-bond donors (Lipinski definition) is 1. The Morgan fingerprint density at radius 2 is 2.06 bits per heavy atom. The van der Waals surface area contributed by atoms with Crippen LogP contribution in [0.3, 0.4) is 0 Å². The number of nitrogens with one attached hydrogen (secondary N) is 1. The summed E-state index contributed by atoms with van der Waals surface area (Å²) < 4.78 is 5.40. The van der Waals surface area contributed by atoms with Gasteiger partial charge in [0.25, 0.3) is 0 Å². The number of likely N-dealkylation sites (N-methyl/N-ethyl adjacent to an activating group) is 1. The van der Waals surface area contributed by atoms with Gasteiger partial charge in [-0.2, -0.15) is 4.98 Å². The van der Waals surface area contributed by atoms with Crippen molar-refractivity contribution in [1.29, 1.82) is 0 Å². The molecule has 0 bridgehead atoms. The Morgan fingerprint density at radius 3 is 2.72 bits per heavy atom. The van der Waals surface area contributed by atoms with E-state index >= 15 is 0 Å². The van der Waals surface area contributed by atoms with E-state index in [0.717, 1.165) is 31.1 Å². The van der Waals surface area contributed by atoms with Gasteiger partial charge >= 0.3 is 0 Å². The lowest BCUT2D eigenvalue weighted by atomic mass is 9.89. The van der Waals surface area contributed by atoms with E-state index in [1.807, 2.05) is 0 Å². The Bertz CT molecular complexity index is 345. The fraction of sp³-hybridized carbons (Fsp3) is 0.857. The zero-order valence-electron chi connectivity index (χ0n) is 11.6. The maximum atomic E-state index is 5.40. The van der Waals surface area contributed by atoms with Gasteiger partial charge in [-0.25, -0.2) is 0 Å². The van der Waals surface area contributed by atoms with Gasteiger partial charge in [0.2, 0.25) is 5.89 Å². The number of rotatable bonds is 6. The van der Waals surface area contributed by atoms with Gasteiger partial charge in [0, 0.05) is 18.4 Å². The van der Waals surface area contributed by atoms with Gasteiger partial charge in [-0.3, -0.25) is 0 Å². The molecule has 1 fully saturated rings. The van der Waals surface area contributed by atoms with Crippen LogP contribution >= 0.6 is 0 Å². The number of nitrogens with zero attached hydrogens (tertiary/aromatic N) is 2. The number of aromatic nitrogens is 2. The Kier molecular flexibility index (Phi) is 5.17. The summed E-state index contributed by atoms with van der Waals surface area (Å²) in [7, 11) is 0. The Balaban J connectivity index is 1.92. The second-order valence-corrected chi connectivity index (χ2v) is 5.25. The summed E-state index contributed by atoms with van der Waals surface area (Å²) in [5, 5.41) is 7.62. The lowest BCUT2D eigenvalue weighted by molar-refractivity contribution is 0.343. The summed E-state index contributed by atoms with van der Waals surface area (Å²) in [5.74, 6) is 2.27. The van der Waals surface area contributed by atoms with Crippen molar-refractivity contribution < 1.29 is 4.52 Å². The van der Waals surface area contributed by atoms with Crippen molar-refractivity contribution in [1.82, 2.24) is 15.5 Å². The van der Waals surface area contributed by atoms with E-state index in [9.17, 15) is 0 Å². The molecule has 1 aliphatic rings. The summed E-state index contributed by atoms with van der Waals surface area (Å²) in [6, 6.07) is 0.453. The van der Waals surface area contributed by atoms with E-state index < -0.39 is 0 Å². The van der Waals surface area contributed by atoms with E-state index in [-0.39, 0.29) is 0 Å².